The van der Waals surface area contributed by atoms with E-state index in [1.165, 1.54) is 16.0 Å². The Labute approximate surface area is 350 Å². The zero-order valence-corrected chi connectivity index (χ0v) is 33.9. The Morgan fingerprint density at radius 2 is 1.21 bits per heavy atom. The van der Waals surface area contributed by atoms with Crippen LogP contribution < -0.4 is 11.9 Å². The third-order valence-corrected chi connectivity index (χ3v) is 9.60. The number of aromatic nitrogens is 6. The summed E-state index contributed by atoms with van der Waals surface area (Å²) >= 11 is 0. The van der Waals surface area contributed by atoms with E-state index in [4.69, 9.17) is 15.6 Å². The number of amides is 3. The highest BCUT2D eigenvalue weighted by Crippen LogP contribution is 2.26. The predicted molar refractivity (Wildman–Crippen MR) is 223 cm³/mol. The molecule has 314 valence electrons. The van der Waals surface area contributed by atoms with Gasteiger partial charge >= 0.3 is 5.97 Å². The molecule has 4 aromatic heterocycles. The topological polar surface area (TPSA) is 266 Å². The van der Waals surface area contributed by atoms with Gasteiger partial charge in [-0.25, -0.2) is 24.7 Å². The van der Waals surface area contributed by atoms with Crippen molar-refractivity contribution in [1.82, 2.24) is 44.7 Å². The van der Waals surface area contributed by atoms with E-state index in [0.717, 1.165) is 7.11 Å². The highest BCUT2D eigenvalue weighted by Gasteiger charge is 2.43. The van der Waals surface area contributed by atoms with Crippen LogP contribution in [0.25, 0.3) is 33.8 Å². The average Bonchev–Trinajstić information content (AvgIpc) is 4.05. The van der Waals surface area contributed by atoms with Gasteiger partial charge in [0.2, 0.25) is 11.2 Å². The molecular weight excluding hydrogens is 785 g/mol. The second-order valence-corrected chi connectivity index (χ2v) is 13.7. The molecule has 0 spiro atoms. The van der Waals surface area contributed by atoms with E-state index in [1.807, 2.05) is 12.1 Å². The molecule has 2 fully saturated rings. The van der Waals surface area contributed by atoms with Crippen LogP contribution in [0.3, 0.4) is 0 Å². The number of hydrogen-bond acceptors (Lipinski definition) is 13. The lowest BCUT2D eigenvalue weighted by Gasteiger charge is -2.13. The number of benzene rings is 2. The largest absolute Gasteiger partial charge is 0.461 e. The fourth-order valence-corrected chi connectivity index (χ4v) is 6.45. The Morgan fingerprint density at radius 1 is 0.770 bits per heavy atom. The summed E-state index contributed by atoms with van der Waals surface area (Å²) in [7, 11) is 4.27. The maximum absolute atomic E-state index is 12.2. The molecular formula is C43H44N10O8. The summed E-state index contributed by atoms with van der Waals surface area (Å²) in [5, 5.41) is 27.9. The van der Waals surface area contributed by atoms with E-state index in [0.29, 0.717) is 58.0 Å². The second-order valence-electron chi connectivity index (χ2n) is 13.7. The average molecular weight is 829 g/mol. The van der Waals surface area contributed by atoms with Crippen LogP contribution in [0, 0.1) is 23.7 Å². The van der Waals surface area contributed by atoms with Crippen LogP contribution >= 0.6 is 0 Å². The van der Waals surface area contributed by atoms with Gasteiger partial charge in [0.05, 0.1) is 6.61 Å². The zero-order valence-electron chi connectivity index (χ0n) is 33.9. The number of carbonyl (C=O) groups excluding carboxylic acids is 4. The number of nitrogens with zero attached hydrogens (tertiary/aromatic N) is 8. The molecule has 2 aliphatic heterocycles. The van der Waals surface area contributed by atoms with E-state index in [2.05, 4.69) is 43.6 Å². The molecule has 0 aliphatic carbocycles. The Hall–Kier alpha value is -7.48. The van der Waals surface area contributed by atoms with Crippen LogP contribution in [-0.2, 0) is 14.3 Å². The van der Waals surface area contributed by atoms with Gasteiger partial charge < -0.3 is 50.5 Å². The van der Waals surface area contributed by atoms with Crippen LogP contribution in [0.2, 0.25) is 0 Å². The van der Waals surface area contributed by atoms with E-state index in [-0.39, 0.29) is 37.0 Å². The first-order chi connectivity index (χ1) is 28.8. The molecule has 18 heteroatoms. The quantitative estimate of drug-likeness (QED) is 0.123. The monoisotopic (exact) mass is 828 g/mol. The van der Waals surface area contributed by atoms with E-state index >= 15 is 0 Å². The molecule has 0 bridgehead atoms. The molecule has 2 aromatic carbocycles. The fourth-order valence-electron chi connectivity index (χ4n) is 6.45. The summed E-state index contributed by atoms with van der Waals surface area (Å²) in [5.74, 6) is 9.22. The van der Waals surface area contributed by atoms with Gasteiger partial charge in [0, 0.05) is 107 Å². The number of likely N-dealkylation sites (tertiary alicyclic amines) is 2. The Balaban J connectivity index is 0.000000219. The summed E-state index contributed by atoms with van der Waals surface area (Å²) in [6.07, 6.45) is 10.3. The number of hydrogen-bond donors (Lipinski definition) is 5. The molecule has 8 N–H and O–H groups in total. The highest BCUT2D eigenvalue weighted by molar-refractivity contribution is 5.93. The smallest absolute Gasteiger partial charge is 0.358 e. The van der Waals surface area contributed by atoms with E-state index in [1.54, 1.807) is 97.2 Å². The van der Waals surface area contributed by atoms with Crippen LogP contribution in [0.1, 0.15) is 51.9 Å². The van der Waals surface area contributed by atoms with Crippen LogP contribution in [0.4, 0.5) is 0 Å². The van der Waals surface area contributed by atoms with E-state index < -0.39 is 34.9 Å². The first kappa shape index (κ1) is 44.6. The molecule has 0 unspecified atom stereocenters. The number of aliphatic hydroxyl groups is 3. The van der Waals surface area contributed by atoms with Gasteiger partial charge in [-0.2, -0.15) is 0 Å². The summed E-state index contributed by atoms with van der Waals surface area (Å²) in [6, 6.07) is 14.3. The number of primary amides is 1. The van der Waals surface area contributed by atoms with Crippen LogP contribution in [0.15, 0.2) is 85.7 Å². The molecule has 61 heavy (non-hydrogen) atoms. The molecule has 2 aliphatic rings. The fraction of sp³-hybridized carbons (Fsp3) is 0.256. The number of ether oxygens (including phenoxy) is 1. The number of aliphatic hydroxyl groups excluding tert-OH is 1. The number of carbonyl (C=O) groups is 4. The standard InChI is InChI=1S/C22H20N4O4.C20H17N5O3.CH4O.H3N/c1-3-30-20(27)17-14-26-12-10-23-19(26)18(24-17)16-6-4-5-15(13-16)7-8-22(29)9-11-25(2)21(22)28;1-24-9-7-20(28,19(24)27)6-5-13-3-2-4-14(11-13)16-18-22-8-10-25(18)12-15(23-16)17(21)26;1-2;/h4-6,10,12-14,29H,3,9,11H2,1-2H3;2-4,8,10-12,28H,7,9H2,1H3,(H2,21,26);2H,1H3;1H3/t22-;20-;;/m00../s1. The van der Waals surface area contributed by atoms with Crippen molar-refractivity contribution in [3.05, 3.63) is 108 Å². The number of imidazole rings is 2. The minimum atomic E-state index is -1.66. The van der Waals surface area contributed by atoms with Crippen LogP contribution in [0.5, 0.6) is 0 Å². The molecule has 8 rings (SSSR count). The Morgan fingerprint density at radius 3 is 1.62 bits per heavy atom. The molecule has 2 saturated heterocycles. The van der Waals surface area contributed by atoms with Gasteiger partial charge in [0.15, 0.2) is 17.0 Å². The van der Waals surface area contributed by atoms with Gasteiger partial charge in [-0.1, -0.05) is 47.9 Å². The predicted octanol–water partition coefficient (Wildman–Crippen LogP) is 1.73. The van der Waals surface area contributed by atoms with E-state index in [9.17, 15) is 29.4 Å². The van der Waals surface area contributed by atoms with Gasteiger partial charge in [0.1, 0.15) is 17.1 Å². The summed E-state index contributed by atoms with van der Waals surface area (Å²) in [6.45, 7) is 2.91. The molecule has 3 amide bonds. The molecule has 0 saturated carbocycles. The number of likely N-dealkylation sites (N-methyl/N-ethyl adjacent to an activating group) is 2. The Kier molecular flexibility index (Phi) is 13.6. The van der Waals surface area contributed by atoms with Crippen molar-refractivity contribution in [2.24, 2.45) is 5.73 Å². The molecule has 18 nitrogen and oxygen atoms in total. The zero-order chi connectivity index (χ0) is 43.2. The van der Waals surface area contributed by atoms with Crippen molar-refractivity contribution in [3.63, 3.8) is 0 Å². The normalized spacial score (nSPS) is 17.8. The van der Waals surface area contributed by atoms with Crippen molar-refractivity contribution < 1.29 is 39.2 Å². The lowest BCUT2D eigenvalue weighted by atomic mass is 10.0. The summed E-state index contributed by atoms with van der Waals surface area (Å²) in [5.41, 5.74) is 7.09. The number of nitrogens with two attached hydrogens (primary N) is 1. The molecule has 2 atom stereocenters. The number of esters is 1. The first-order valence-electron chi connectivity index (χ1n) is 18.6. The molecule has 0 radical (unpaired) electrons. The minimum absolute atomic E-state index is 0. The summed E-state index contributed by atoms with van der Waals surface area (Å²) in [4.78, 5) is 68.3. The number of fused-ring (bicyclic) bond motifs is 2. The van der Waals surface area contributed by atoms with Gasteiger partial charge in [-0.15, -0.1) is 0 Å². The van der Waals surface area contributed by atoms with Crippen molar-refractivity contribution in [2.75, 3.05) is 40.9 Å². The molecule has 6 aromatic rings. The molecule has 6 heterocycles. The lowest BCUT2D eigenvalue weighted by Crippen LogP contribution is -2.37. The Bertz CT molecular complexity index is 2760. The summed E-state index contributed by atoms with van der Waals surface area (Å²) < 4.78 is 8.46. The second kappa shape index (κ2) is 18.6. The lowest BCUT2D eigenvalue weighted by molar-refractivity contribution is -0.138. The van der Waals surface area contributed by atoms with Crippen molar-refractivity contribution >= 4 is 35.0 Å². The minimum Gasteiger partial charge on any atom is -0.461 e. The SMILES string of the molecule is CCOC(=O)c1cn2ccnc2c(-c2cccc(C#C[C@]3(O)CCN(C)C3=O)c2)n1.CN1CC[C@@](O)(C#Cc2cccc(-c3nc(C(N)=O)cn4ccnc34)c2)C1=O.CO.N. The first-order valence-corrected chi connectivity index (χ1v) is 18.6. The maximum atomic E-state index is 12.2. The third kappa shape index (κ3) is 9.38. The van der Waals surface area contributed by atoms with Gasteiger partial charge in [-0.05, 0) is 31.2 Å². The highest BCUT2D eigenvalue weighted by atomic mass is 16.5. The maximum Gasteiger partial charge on any atom is 0.358 e. The number of rotatable bonds is 5. The van der Waals surface area contributed by atoms with Crippen molar-refractivity contribution in [2.45, 2.75) is 31.0 Å². The van der Waals surface area contributed by atoms with Crippen molar-refractivity contribution in [1.29, 1.82) is 0 Å². The van der Waals surface area contributed by atoms with Gasteiger partial charge in [0.25, 0.3) is 17.7 Å². The van der Waals surface area contributed by atoms with Gasteiger partial charge in [-0.3, -0.25) is 14.4 Å². The van der Waals surface area contributed by atoms with Crippen molar-refractivity contribution in [3.8, 4) is 46.2 Å². The third-order valence-electron chi connectivity index (χ3n) is 9.60. The van der Waals surface area contributed by atoms with Crippen LogP contribution in [-0.4, -0.2) is 130 Å².